The van der Waals surface area contributed by atoms with Crippen LogP contribution in [-0.2, 0) is 4.79 Å². The largest absolute Gasteiger partial charge is 0.490 e. The molecule has 1 unspecified atom stereocenters. The molecule has 3 nitrogen and oxygen atoms in total. The van der Waals surface area contributed by atoms with Gasteiger partial charge in [0.05, 0.1) is 0 Å². The summed E-state index contributed by atoms with van der Waals surface area (Å²) in [5.41, 5.74) is 8.98. The third-order valence-electron chi connectivity index (χ3n) is 2.54. The van der Waals surface area contributed by atoms with Crippen molar-refractivity contribution in [1.82, 2.24) is 0 Å². The highest BCUT2D eigenvalue weighted by molar-refractivity contribution is 6.25. The van der Waals surface area contributed by atoms with Crippen molar-refractivity contribution < 1.29 is 27.5 Å². The summed E-state index contributed by atoms with van der Waals surface area (Å²) in [5.74, 6) is -2.85. The summed E-state index contributed by atoms with van der Waals surface area (Å²) in [5, 5.41) is 7.12. The van der Waals surface area contributed by atoms with Crippen LogP contribution in [0, 0.1) is 5.82 Å². The second-order valence-corrected chi connectivity index (χ2v) is 4.18. The number of carboxylic acid groups (broad SMARTS) is 1. The molecule has 0 radical (unpaired) electrons. The van der Waals surface area contributed by atoms with Crippen molar-refractivity contribution >= 4 is 17.6 Å². The molecule has 3 N–H and O–H groups in total. The minimum absolute atomic E-state index is 0.137. The average molecular weight is 328 g/mol. The van der Waals surface area contributed by atoms with Gasteiger partial charge in [-0.15, -0.1) is 0 Å². The molecule has 1 aromatic carbocycles. The fraction of sp³-hybridized carbons (Fsp3) is 0.308. The first-order chi connectivity index (χ1) is 9.63. The van der Waals surface area contributed by atoms with Gasteiger partial charge in [0.15, 0.2) is 0 Å². The van der Waals surface area contributed by atoms with E-state index in [0.717, 1.165) is 11.1 Å². The van der Waals surface area contributed by atoms with Crippen LogP contribution in [0.15, 0.2) is 35.4 Å². The predicted molar refractivity (Wildman–Crippen MR) is 71.5 cm³/mol. The minimum atomic E-state index is -5.08. The Morgan fingerprint density at radius 1 is 1.38 bits per heavy atom. The van der Waals surface area contributed by atoms with Gasteiger partial charge in [0.25, 0.3) is 0 Å². The monoisotopic (exact) mass is 327 g/mol. The molecule has 0 aliphatic rings. The minimum Gasteiger partial charge on any atom is -0.475 e. The van der Waals surface area contributed by atoms with Crippen LogP contribution in [0.1, 0.15) is 18.4 Å². The van der Waals surface area contributed by atoms with Gasteiger partial charge in [-0.05, 0) is 23.3 Å². The van der Waals surface area contributed by atoms with E-state index in [2.05, 4.69) is 0 Å². The summed E-state index contributed by atoms with van der Waals surface area (Å²) in [6.07, 6.45) is -5.08. The molecule has 1 rings (SSSR count). The fourth-order valence-corrected chi connectivity index (χ4v) is 1.56. The molecule has 1 atom stereocenters. The molecule has 8 heteroatoms. The molecule has 0 bridgehead atoms. The van der Waals surface area contributed by atoms with E-state index in [1.54, 1.807) is 12.1 Å². The fourth-order valence-electron chi connectivity index (χ4n) is 1.28. The number of rotatable bonds is 3. The lowest BCUT2D eigenvalue weighted by molar-refractivity contribution is -0.192. The van der Waals surface area contributed by atoms with Gasteiger partial charge in [0.2, 0.25) is 0 Å². The van der Waals surface area contributed by atoms with Crippen molar-refractivity contribution in [3.05, 3.63) is 46.8 Å². The highest BCUT2D eigenvalue weighted by atomic mass is 35.5. The number of carboxylic acids is 1. The molecule has 0 aliphatic heterocycles. The van der Waals surface area contributed by atoms with E-state index < -0.39 is 12.1 Å². The van der Waals surface area contributed by atoms with Crippen LogP contribution in [0.2, 0.25) is 0 Å². The summed E-state index contributed by atoms with van der Waals surface area (Å²) in [6, 6.07) is 6.37. The van der Waals surface area contributed by atoms with Crippen molar-refractivity contribution in [1.29, 1.82) is 0 Å². The third kappa shape index (κ3) is 7.10. The molecule has 0 amide bonds. The van der Waals surface area contributed by atoms with E-state index in [0.29, 0.717) is 6.54 Å². The van der Waals surface area contributed by atoms with Crippen molar-refractivity contribution in [3.63, 3.8) is 0 Å². The maximum Gasteiger partial charge on any atom is 0.490 e. The Morgan fingerprint density at radius 3 is 2.10 bits per heavy atom. The molecule has 0 heterocycles. The lowest BCUT2D eigenvalue weighted by atomic mass is 9.94. The topological polar surface area (TPSA) is 63.3 Å². The first kappa shape index (κ1) is 19.4. The van der Waals surface area contributed by atoms with Crippen LogP contribution in [0.3, 0.4) is 0 Å². The molecule has 0 spiro atoms. The second kappa shape index (κ2) is 8.63. The third-order valence-corrected chi connectivity index (χ3v) is 2.82. The number of hydrogen-bond acceptors (Lipinski definition) is 2. The smallest absolute Gasteiger partial charge is 0.475 e. The number of aliphatic carboxylic acids is 1. The highest BCUT2D eigenvalue weighted by Crippen LogP contribution is 2.23. The Labute approximate surface area is 124 Å². The Bertz CT molecular complexity index is 486. The normalized spacial score (nSPS) is 13.2. The van der Waals surface area contributed by atoms with E-state index in [1.807, 2.05) is 6.92 Å². The summed E-state index contributed by atoms with van der Waals surface area (Å²) in [4.78, 5) is 8.90. The Kier molecular flexibility index (Phi) is 7.98. The summed E-state index contributed by atoms with van der Waals surface area (Å²) in [7, 11) is 0. The number of alkyl halides is 3. The van der Waals surface area contributed by atoms with Gasteiger partial charge in [0.1, 0.15) is 5.82 Å². The van der Waals surface area contributed by atoms with E-state index in [1.165, 1.54) is 17.7 Å². The van der Waals surface area contributed by atoms with Crippen molar-refractivity contribution in [3.8, 4) is 0 Å². The average Bonchev–Trinajstić information content (AvgIpc) is 2.40. The molecule has 0 aromatic heterocycles. The molecule has 0 saturated heterocycles. The van der Waals surface area contributed by atoms with E-state index in [9.17, 15) is 17.6 Å². The van der Waals surface area contributed by atoms with Crippen LogP contribution in [0.4, 0.5) is 17.6 Å². The Hall–Kier alpha value is -1.60. The van der Waals surface area contributed by atoms with Gasteiger partial charge >= 0.3 is 12.1 Å². The van der Waals surface area contributed by atoms with Crippen LogP contribution in [0.25, 0.3) is 0 Å². The van der Waals surface area contributed by atoms with Crippen LogP contribution in [0.5, 0.6) is 0 Å². The Balaban J connectivity index is 0.000000486. The maximum absolute atomic E-state index is 12.6. The summed E-state index contributed by atoms with van der Waals surface area (Å²) >= 11 is 5.63. The standard InChI is InChI=1S/C11H13ClFN.C2HF3O2/c1-8(10(6-12)7-14)9-2-4-11(13)5-3-9;3-2(4,5)1(6)7/h2-6,8H,7,14H2,1H3;(H,6,7)/b10-6+;. The van der Waals surface area contributed by atoms with Crippen molar-refractivity contribution in [2.45, 2.75) is 19.0 Å². The first-order valence-electron chi connectivity index (χ1n) is 5.68. The highest BCUT2D eigenvalue weighted by Gasteiger charge is 2.38. The number of benzene rings is 1. The van der Waals surface area contributed by atoms with Gasteiger partial charge < -0.3 is 10.8 Å². The molecule has 21 heavy (non-hydrogen) atoms. The van der Waals surface area contributed by atoms with Gasteiger partial charge in [-0.25, -0.2) is 9.18 Å². The molecule has 0 aliphatic carbocycles. The summed E-state index contributed by atoms with van der Waals surface area (Å²) < 4.78 is 44.4. The predicted octanol–water partition coefficient (Wildman–Crippen LogP) is 3.64. The van der Waals surface area contributed by atoms with Crippen LogP contribution in [-0.4, -0.2) is 23.8 Å². The zero-order valence-corrected chi connectivity index (χ0v) is 11.7. The van der Waals surface area contributed by atoms with Gasteiger partial charge in [0, 0.05) is 18.0 Å². The Morgan fingerprint density at radius 2 is 1.81 bits per heavy atom. The van der Waals surface area contributed by atoms with Gasteiger partial charge in [-0.2, -0.15) is 13.2 Å². The summed E-state index contributed by atoms with van der Waals surface area (Å²) in [6.45, 7) is 2.41. The van der Waals surface area contributed by atoms with Gasteiger partial charge in [-0.3, -0.25) is 0 Å². The second-order valence-electron chi connectivity index (χ2n) is 3.96. The first-order valence-corrected chi connectivity index (χ1v) is 6.11. The molecule has 118 valence electrons. The molecular formula is C13H14ClF4NO2. The zero-order chi connectivity index (χ0) is 16.6. The lowest BCUT2D eigenvalue weighted by Gasteiger charge is -2.13. The molecular weight excluding hydrogens is 314 g/mol. The van der Waals surface area contributed by atoms with E-state index in [-0.39, 0.29) is 11.7 Å². The van der Waals surface area contributed by atoms with E-state index in [4.69, 9.17) is 27.2 Å². The van der Waals surface area contributed by atoms with Crippen LogP contribution < -0.4 is 5.73 Å². The van der Waals surface area contributed by atoms with Crippen molar-refractivity contribution in [2.75, 3.05) is 6.54 Å². The number of halogens is 5. The lowest BCUT2D eigenvalue weighted by Crippen LogP contribution is -2.21. The SMILES string of the molecule is CC(/C(=C/Cl)CN)c1ccc(F)cc1.O=C(O)C(F)(F)F. The van der Waals surface area contributed by atoms with Crippen LogP contribution >= 0.6 is 11.6 Å². The quantitative estimate of drug-likeness (QED) is 0.833. The maximum atomic E-state index is 12.6. The molecule has 1 aromatic rings. The molecule has 0 fully saturated rings. The van der Waals surface area contributed by atoms with Gasteiger partial charge in [-0.1, -0.05) is 30.7 Å². The number of nitrogens with two attached hydrogens (primary N) is 1. The number of carbonyl (C=O) groups is 1. The molecule has 0 saturated carbocycles. The van der Waals surface area contributed by atoms with Crippen molar-refractivity contribution in [2.24, 2.45) is 5.73 Å². The van der Waals surface area contributed by atoms with E-state index >= 15 is 0 Å². The zero-order valence-electron chi connectivity index (χ0n) is 11.0. The number of hydrogen-bond donors (Lipinski definition) is 2.